The van der Waals surface area contributed by atoms with Gasteiger partial charge in [-0.2, -0.15) is 0 Å². The lowest BCUT2D eigenvalue weighted by Gasteiger charge is -2.28. The first-order valence-electron chi connectivity index (χ1n) is 6.77. The summed E-state index contributed by atoms with van der Waals surface area (Å²) < 4.78 is 0. The molecule has 20 heavy (non-hydrogen) atoms. The summed E-state index contributed by atoms with van der Waals surface area (Å²) in [5.74, 6) is -2.56. The fourth-order valence-electron chi connectivity index (χ4n) is 2.43. The van der Waals surface area contributed by atoms with E-state index in [-0.39, 0.29) is 11.8 Å². The van der Waals surface area contributed by atoms with Crippen LogP contribution in [-0.4, -0.2) is 57.6 Å². The van der Waals surface area contributed by atoms with Crippen LogP contribution in [0.2, 0.25) is 0 Å². The molecule has 1 fully saturated rings. The van der Waals surface area contributed by atoms with Gasteiger partial charge >= 0.3 is 11.9 Å². The van der Waals surface area contributed by atoms with Crippen LogP contribution in [0.15, 0.2) is 0 Å². The Hall–Kier alpha value is -1.63. The molecule has 0 aromatic carbocycles. The van der Waals surface area contributed by atoms with Crippen LogP contribution >= 0.6 is 0 Å². The van der Waals surface area contributed by atoms with Gasteiger partial charge in [0.25, 0.3) is 0 Å². The number of carbonyl (C=O) groups is 3. The van der Waals surface area contributed by atoms with Crippen LogP contribution in [0.5, 0.6) is 0 Å². The van der Waals surface area contributed by atoms with Crippen molar-refractivity contribution in [2.24, 2.45) is 5.92 Å². The summed E-state index contributed by atoms with van der Waals surface area (Å²) in [5, 5.41) is 20.9. The van der Waals surface area contributed by atoms with Crippen molar-refractivity contribution in [2.45, 2.75) is 51.7 Å². The van der Waals surface area contributed by atoms with Gasteiger partial charge in [0.1, 0.15) is 12.1 Å². The number of amides is 1. The maximum atomic E-state index is 12.2. The predicted octanol–water partition coefficient (Wildman–Crippen LogP) is 0.149. The lowest BCUT2D eigenvalue weighted by molar-refractivity contribution is -0.149. The van der Waals surface area contributed by atoms with Gasteiger partial charge in [0.15, 0.2) is 0 Å². The summed E-state index contributed by atoms with van der Waals surface area (Å²) in [5.41, 5.74) is 0. The van der Waals surface area contributed by atoms with E-state index >= 15 is 0 Å². The second kappa shape index (κ2) is 6.69. The van der Waals surface area contributed by atoms with Crippen molar-refractivity contribution in [1.29, 1.82) is 0 Å². The molecule has 0 bridgehead atoms. The topological polar surface area (TPSA) is 107 Å². The fourth-order valence-corrected chi connectivity index (χ4v) is 2.43. The second-order valence-corrected chi connectivity index (χ2v) is 5.48. The predicted molar refractivity (Wildman–Crippen MR) is 71.2 cm³/mol. The van der Waals surface area contributed by atoms with E-state index in [9.17, 15) is 14.4 Å². The van der Waals surface area contributed by atoms with E-state index in [2.05, 4.69) is 5.32 Å². The number of aliphatic carboxylic acids is 2. The second-order valence-electron chi connectivity index (χ2n) is 5.48. The van der Waals surface area contributed by atoms with E-state index in [1.54, 1.807) is 20.8 Å². The van der Waals surface area contributed by atoms with Crippen LogP contribution in [0.25, 0.3) is 0 Å². The van der Waals surface area contributed by atoms with Crippen LogP contribution in [0.1, 0.15) is 33.6 Å². The lowest BCUT2D eigenvalue weighted by Crippen LogP contribution is -2.54. The van der Waals surface area contributed by atoms with Gasteiger partial charge in [-0.1, -0.05) is 13.8 Å². The standard InChI is InChI=1S/C13H22N2O5/c1-7(2)10(13(19)20)14-8(3)11(16)15-6-4-5-9(15)12(17)18/h7-10,14H,4-6H2,1-3H3,(H,17,18)(H,19,20)/t8-,9-,10?/m0/s1. The maximum absolute atomic E-state index is 12.2. The number of nitrogens with one attached hydrogen (secondary N) is 1. The Bertz CT molecular complexity index is 396. The number of likely N-dealkylation sites (tertiary alicyclic amines) is 1. The van der Waals surface area contributed by atoms with Crippen molar-refractivity contribution < 1.29 is 24.6 Å². The zero-order valence-electron chi connectivity index (χ0n) is 12.0. The van der Waals surface area contributed by atoms with Crippen LogP contribution in [0.4, 0.5) is 0 Å². The van der Waals surface area contributed by atoms with Crippen molar-refractivity contribution in [3.05, 3.63) is 0 Å². The van der Waals surface area contributed by atoms with E-state index in [4.69, 9.17) is 10.2 Å². The molecule has 1 saturated heterocycles. The Morgan fingerprint density at radius 1 is 1.20 bits per heavy atom. The largest absolute Gasteiger partial charge is 0.480 e. The van der Waals surface area contributed by atoms with Crippen LogP contribution in [0.3, 0.4) is 0 Å². The molecular formula is C13H22N2O5. The average Bonchev–Trinajstić information content (AvgIpc) is 2.82. The molecule has 1 unspecified atom stereocenters. The van der Waals surface area contributed by atoms with Gasteiger partial charge in [0.2, 0.25) is 5.91 Å². The summed E-state index contributed by atoms with van der Waals surface area (Å²) in [4.78, 5) is 35.7. The maximum Gasteiger partial charge on any atom is 0.326 e. The molecule has 7 nitrogen and oxygen atoms in total. The lowest BCUT2D eigenvalue weighted by atomic mass is 10.0. The molecule has 0 radical (unpaired) electrons. The fraction of sp³-hybridized carbons (Fsp3) is 0.769. The number of nitrogens with zero attached hydrogens (tertiary/aromatic N) is 1. The molecule has 114 valence electrons. The van der Waals surface area contributed by atoms with Crippen molar-refractivity contribution in [3.63, 3.8) is 0 Å². The van der Waals surface area contributed by atoms with Crippen molar-refractivity contribution in [1.82, 2.24) is 10.2 Å². The number of rotatable bonds is 6. The van der Waals surface area contributed by atoms with E-state index in [0.717, 1.165) is 0 Å². The molecule has 1 rings (SSSR count). The van der Waals surface area contributed by atoms with Crippen LogP contribution in [0, 0.1) is 5.92 Å². The highest BCUT2D eigenvalue weighted by atomic mass is 16.4. The normalized spacial score (nSPS) is 21.8. The van der Waals surface area contributed by atoms with Gasteiger partial charge in [-0.15, -0.1) is 0 Å². The quantitative estimate of drug-likeness (QED) is 0.641. The van der Waals surface area contributed by atoms with Crippen LogP contribution in [-0.2, 0) is 14.4 Å². The average molecular weight is 286 g/mol. The van der Waals surface area contributed by atoms with Crippen molar-refractivity contribution in [3.8, 4) is 0 Å². The molecular weight excluding hydrogens is 264 g/mol. The van der Waals surface area contributed by atoms with Crippen molar-refractivity contribution >= 4 is 17.8 Å². The number of hydrogen-bond acceptors (Lipinski definition) is 4. The third-order valence-electron chi connectivity index (χ3n) is 3.55. The number of hydrogen-bond donors (Lipinski definition) is 3. The van der Waals surface area contributed by atoms with Crippen LogP contribution < -0.4 is 5.32 Å². The molecule has 1 amide bonds. The molecule has 3 N–H and O–H groups in total. The third kappa shape index (κ3) is 3.69. The van der Waals surface area contributed by atoms with Gasteiger partial charge in [-0.3, -0.25) is 14.9 Å². The molecule has 7 heteroatoms. The number of carboxylic acids is 2. The molecule has 0 aliphatic carbocycles. The molecule has 0 saturated carbocycles. The first-order valence-corrected chi connectivity index (χ1v) is 6.77. The van der Waals surface area contributed by atoms with E-state index < -0.39 is 30.1 Å². The Morgan fingerprint density at radius 3 is 2.25 bits per heavy atom. The summed E-state index contributed by atoms with van der Waals surface area (Å²) in [7, 11) is 0. The smallest absolute Gasteiger partial charge is 0.326 e. The first-order chi connectivity index (χ1) is 9.25. The third-order valence-corrected chi connectivity index (χ3v) is 3.55. The minimum absolute atomic E-state index is 0.170. The Balaban J connectivity index is 2.71. The van der Waals surface area contributed by atoms with Crippen molar-refractivity contribution in [2.75, 3.05) is 6.54 Å². The molecule has 1 heterocycles. The SMILES string of the molecule is CC(C)C(N[C@@H](C)C(=O)N1CCC[C@H]1C(=O)O)C(=O)O. The summed E-state index contributed by atoms with van der Waals surface area (Å²) in [6.45, 7) is 5.47. The number of carbonyl (C=O) groups excluding carboxylic acids is 1. The summed E-state index contributed by atoms with van der Waals surface area (Å²) in [6.07, 6.45) is 1.10. The highest BCUT2D eigenvalue weighted by Crippen LogP contribution is 2.18. The Labute approximate surface area is 117 Å². The molecule has 1 aliphatic heterocycles. The minimum atomic E-state index is -1.02. The zero-order valence-corrected chi connectivity index (χ0v) is 12.0. The monoisotopic (exact) mass is 286 g/mol. The minimum Gasteiger partial charge on any atom is -0.480 e. The van der Waals surface area contributed by atoms with E-state index in [1.807, 2.05) is 0 Å². The highest BCUT2D eigenvalue weighted by Gasteiger charge is 2.37. The van der Waals surface area contributed by atoms with Gasteiger partial charge < -0.3 is 15.1 Å². The molecule has 3 atom stereocenters. The van der Waals surface area contributed by atoms with Gasteiger partial charge in [0, 0.05) is 6.54 Å². The summed E-state index contributed by atoms with van der Waals surface area (Å²) in [6, 6.07) is -2.35. The Kier molecular flexibility index (Phi) is 5.50. The number of carboxylic acid groups (broad SMARTS) is 2. The molecule has 0 spiro atoms. The zero-order chi connectivity index (χ0) is 15.4. The van der Waals surface area contributed by atoms with Gasteiger partial charge in [-0.25, -0.2) is 4.79 Å². The molecule has 1 aliphatic rings. The Morgan fingerprint density at radius 2 is 1.80 bits per heavy atom. The van der Waals surface area contributed by atoms with Gasteiger partial charge in [-0.05, 0) is 25.7 Å². The van der Waals surface area contributed by atoms with E-state index in [1.165, 1.54) is 4.90 Å². The molecule has 0 aromatic heterocycles. The van der Waals surface area contributed by atoms with E-state index in [0.29, 0.717) is 19.4 Å². The molecule has 0 aromatic rings. The first kappa shape index (κ1) is 16.4. The highest BCUT2D eigenvalue weighted by molar-refractivity contribution is 5.88. The summed E-state index contributed by atoms with van der Waals surface area (Å²) >= 11 is 0. The van der Waals surface area contributed by atoms with Gasteiger partial charge in [0.05, 0.1) is 6.04 Å².